The van der Waals surface area contributed by atoms with Crippen LogP contribution in [0.1, 0.15) is 17.7 Å². The van der Waals surface area contributed by atoms with E-state index in [0.717, 1.165) is 17.6 Å². The number of hydrogen-bond acceptors (Lipinski definition) is 3. The number of rotatable bonds is 5. The average molecular weight is 230 g/mol. The van der Waals surface area contributed by atoms with Crippen molar-refractivity contribution in [2.24, 2.45) is 5.73 Å². The van der Waals surface area contributed by atoms with Crippen molar-refractivity contribution in [3.63, 3.8) is 0 Å². The Morgan fingerprint density at radius 2 is 2.12 bits per heavy atom. The fraction of sp³-hybridized carbons (Fsp3) is 0.357. The fourth-order valence-electron chi connectivity index (χ4n) is 1.88. The van der Waals surface area contributed by atoms with Crippen LogP contribution in [-0.2, 0) is 11.3 Å². The van der Waals surface area contributed by atoms with Crippen molar-refractivity contribution >= 4 is 10.9 Å². The van der Waals surface area contributed by atoms with Crippen molar-refractivity contribution in [3.05, 3.63) is 41.6 Å². The maximum atomic E-state index is 5.62. The van der Waals surface area contributed by atoms with Gasteiger partial charge in [-0.25, -0.2) is 0 Å². The molecule has 0 unspecified atom stereocenters. The Hall–Kier alpha value is -1.45. The summed E-state index contributed by atoms with van der Waals surface area (Å²) in [5.74, 6) is 0. The van der Waals surface area contributed by atoms with Gasteiger partial charge in [0.15, 0.2) is 0 Å². The Balaban J connectivity index is 2.20. The molecule has 1 aromatic carbocycles. The van der Waals surface area contributed by atoms with Crippen LogP contribution in [0.5, 0.6) is 0 Å². The van der Waals surface area contributed by atoms with Crippen molar-refractivity contribution in [2.45, 2.75) is 20.0 Å². The molecule has 90 valence electrons. The van der Waals surface area contributed by atoms with E-state index in [1.807, 2.05) is 25.1 Å². The van der Waals surface area contributed by atoms with E-state index in [9.17, 15) is 0 Å². The van der Waals surface area contributed by atoms with E-state index >= 15 is 0 Å². The molecule has 17 heavy (non-hydrogen) atoms. The predicted molar refractivity (Wildman–Crippen MR) is 69.8 cm³/mol. The van der Waals surface area contributed by atoms with E-state index < -0.39 is 0 Å². The van der Waals surface area contributed by atoms with Gasteiger partial charge in [-0.2, -0.15) is 0 Å². The largest absolute Gasteiger partial charge is 0.377 e. The maximum Gasteiger partial charge on any atom is 0.0724 e. The van der Waals surface area contributed by atoms with Crippen molar-refractivity contribution in [2.75, 3.05) is 13.2 Å². The third-order valence-corrected chi connectivity index (χ3v) is 2.68. The predicted octanol–water partition coefficient (Wildman–Crippen LogP) is 2.41. The number of aryl methyl sites for hydroxylation is 1. The fourth-order valence-corrected chi connectivity index (χ4v) is 1.88. The number of nitrogens with two attached hydrogens (primary N) is 1. The summed E-state index contributed by atoms with van der Waals surface area (Å²) in [7, 11) is 0. The van der Waals surface area contributed by atoms with Crippen molar-refractivity contribution in [1.82, 2.24) is 4.98 Å². The molecule has 1 aromatic heterocycles. The van der Waals surface area contributed by atoms with E-state index in [0.29, 0.717) is 19.8 Å². The van der Waals surface area contributed by atoms with Gasteiger partial charge < -0.3 is 10.5 Å². The maximum absolute atomic E-state index is 5.62. The first kappa shape index (κ1) is 12.0. The highest BCUT2D eigenvalue weighted by Gasteiger charge is 2.03. The van der Waals surface area contributed by atoms with Gasteiger partial charge in [0.05, 0.1) is 12.1 Å². The van der Waals surface area contributed by atoms with Crippen molar-refractivity contribution in [3.8, 4) is 0 Å². The van der Waals surface area contributed by atoms with Crippen LogP contribution in [0.25, 0.3) is 10.9 Å². The van der Waals surface area contributed by atoms with Crippen LogP contribution in [0, 0.1) is 6.92 Å². The number of hydrogen-bond donors (Lipinski definition) is 1. The zero-order valence-corrected chi connectivity index (χ0v) is 10.1. The topological polar surface area (TPSA) is 48.1 Å². The highest BCUT2D eigenvalue weighted by Crippen LogP contribution is 2.18. The molecular formula is C14H18N2O. The molecule has 3 nitrogen and oxygen atoms in total. The minimum Gasteiger partial charge on any atom is -0.377 e. The number of fused-ring (bicyclic) bond motifs is 1. The lowest BCUT2D eigenvalue weighted by Crippen LogP contribution is -2.04. The van der Waals surface area contributed by atoms with Crippen LogP contribution in [-0.4, -0.2) is 18.1 Å². The van der Waals surface area contributed by atoms with Crippen molar-refractivity contribution < 1.29 is 4.74 Å². The number of benzene rings is 1. The minimum absolute atomic E-state index is 0.629. The first-order valence-corrected chi connectivity index (χ1v) is 5.94. The summed E-state index contributed by atoms with van der Waals surface area (Å²) in [6.45, 7) is 4.03. The second kappa shape index (κ2) is 5.75. The van der Waals surface area contributed by atoms with Gasteiger partial charge in [-0.1, -0.05) is 18.2 Å². The van der Waals surface area contributed by atoms with Crippen LogP contribution < -0.4 is 5.73 Å². The summed E-state index contributed by atoms with van der Waals surface area (Å²) < 4.78 is 5.62. The van der Waals surface area contributed by atoms with Crippen LogP contribution in [0.4, 0.5) is 0 Å². The van der Waals surface area contributed by atoms with Crippen LogP contribution in [0.15, 0.2) is 30.3 Å². The lowest BCUT2D eigenvalue weighted by atomic mass is 10.1. The number of pyridine rings is 1. The SMILES string of the molecule is Cc1cc(COCCCN)c2ccccc2n1. The standard InChI is InChI=1S/C14H18N2O/c1-11-9-12(10-17-8-4-7-15)13-5-2-3-6-14(13)16-11/h2-3,5-6,9H,4,7-8,10,15H2,1H3. The lowest BCUT2D eigenvalue weighted by Gasteiger charge is -2.08. The van der Waals surface area contributed by atoms with E-state index in [2.05, 4.69) is 17.1 Å². The second-order valence-corrected chi connectivity index (χ2v) is 4.13. The number of para-hydroxylation sites is 1. The first-order chi connectivity index (χ1) is 8.31. The van der Waals surface area contributed by atoms with Gasteiger partial charge in [0.25, 0.3) is 0 Å². The third-order valence-electron chi connectivity index (χ3n) is 2.68. The van der Waals surface area contributed by atoms with Crippen LogP contribution in [0.2, 0.25) is 0 Å². The zero-order valence-electron chi connectivity index (χ0n) is 10.1. The molecule has 0 amide bonds. The molecule has 3 heteroatoms. The molecule has 0 saturated carbocycles. The molecule has 1 heterocycles. The third kappa shape index (κ3) is 3.02. The monoisotopic (exact) mass is 230 g/mol. The van der Waals surface area contributed by atoms with E-state index in [4.69, 9.17) is 10.5 Å². The van der Waals surface area contributed by atoms with E-state index in [1.165, 1.54) is 10.9 Å². The smallest absolute Gasteiger partial charge is 0.0724 e. The summed E-state index contributed by atoms with van der Waals surface area (Å²) in [4.78, 5) is 4.51. The number of aromatic nitrogens is 1. The molecule has 0 atom stereocenters. The Labute approximate surface area is 102 Å². The quantitative estimate of drug-likeness (QED) is 0.802. The molecule has 0 aliphatic heterocycles. The molecule has 0 radical (unpaired) electrons. The summed E-state index contributed by atoms with van der Waals surface area (Å²) in [6, 6.07) is 10.2. The van der Waals surface area contributed by atoms with Gasteiger partial charge >= 0.3 is 0 Å². The highest BCUT2D eigenvalue weighted by atomic mass is 16.5. The van der Waals surface area contributed by atoms with Gasteiger partial charge in [-0.15, -0.1) is 0 Å². The Kier molecular flexibility index (Phi) is 4.07. The Morgan fingerprint density at radius 3 is 2.94 bits per heavy atom. The number of ether oxygens (including phenoxy) is 1. The van der Waals surface area contributed by atoms with Gasteiger partial charge in [-0.05, 0) is 37.6 Å². The van der Waals surface area contributed by atoms with Gasteiger partial charge in [0.1, 0.15) is 0 Å². The molecule has 0 bridgehead atoms. The Morgan fingerprint density at radius 1 is 1.29 bits per heavy atom. The number of nitrogens with zero attached hydrogens (tertiary/aromatic N) is 1. The molecular weight excluding hydrogens is 212 g/mol. The molecule has 0 saturated heterocycles. The van der Waals surface area contributed by atoms with Gasteiger partial charge in [0.2, 0.25) is 0 Å². The molecule has 2 rings (SSSR count). The molecule has 0 spiro atoms. The summed E-state index contributed by atoms with van der Waals surface area (Å²) in [6.07, 6.45) is 0.905. The molecule has 2 aromatic rings. The summed E-state index contributed by atoms with van der Waals surface area (Å²) >= 11 is 0. The normalized spacial score (nSPS) is 10.9. The Bertz CT molecular complexity index is 497. The van der Waals surface area contributed by atoms with Crippen LogP contribution in [0.3, 0.4) is 0 Å². The minimum atomic E-state index is 0.629. The lowest BCUT2D eigenvalue weighted by molar-refractivity contribution is 0.120. The van der Waals surface area contributed by atoms with Gasteiger partial charge in [0, 0.05) is 17.7 Å². The first-order valence-electron chi connectivity index (χ1n) is 5.94. The summed E-state index contributed by atoms with van der Waals surface area (Å²) in [5, 5.41) is 1.17. The highest BCUT2D eigenvalue weighted by molar-refractivity contribution is 5.82. The summed E-state index contributed by atoms with van der Waals surface area (Å²) in [5.41, 5.74) is 8.69. The van der Waals surface area contributed by atoms with E-state index in [1.54, 1.807) is 0 Å². The molecule has 0 aliphatic rings. The van der Waals surface area contributed by atoms with E-state index in [-0.39, 0.29) is 0 Å². The molecule has 0 fully saturated rings. The zero-order chi connectivity index (χ0) is 12.1. The van der Waals surface area contributed by atoms with Crippen molar-refractivity contribution in [1.29, 1.82) is 0 Å². The second-order valence-electron chi connectivity index (χ2n) is 4.13. The van der Waals surface area contributed by atoms with Gasteiger partial charge in [-0.3, -0.25) is 4.98 Å². The molecule has 2 N–H and O–H groups in total. The van der Waals surface area contributed by atoms with Crippen LogP contribution >= 0.6 is 0 Å². The molecule has 0 aliphatic carbocycles. The average Bonchev–Trinajstić information content (AvgIpc) is 2.34.